The zero-order chi connectivity index (χ0) is 31.5. The Kier molecular flexibility index (Phi) is 7.97. The van der Waals surface area contributed by atoms with Gasteiger partial charge in [0.15, 0.2) is 5.69 Å². The summed E-state index contributed by atoms with van der Waals surface area (Å²) in [6, 6.07) is 37.6. The Morgan fingerprint density at radius 2 is 1.51 bits per heavy atom. The fourth-order valence-electron chi connectivity index (χ4n) is 5.25. The normalized spacial score (nSPS) is 11.3. The predicted octanol–water partition coefficient (Wildman–Crippen LogP) is 8.29. The Hall–Kier alpha value is -5.98. The molecule has 0 saturated heterocycles. The number of aryl methyl sites for hydroxylation is 1. The summed E-state index contributed by atoms with van der Waals surface area (Å²) in [4.78, 5) is 32.8. The lowest BCUT2D eigenvalue weighted by Gasteiger charge is -2.25. The Balaban J connectivity index is 1.47. The Morgan fingerprint density at radius 1 is 0.889 bits per heavy atom. The fourth-order valence-corrected chi connectivity index (χ4v) is 6.22. The van der Waals surface area contributed by atoms with E-state index in [2.05, 4.69) is 29.2 Å². The van der Waals surface area contributed by atoms with E-state index < -0.39 is 11.9 Å². The molecule has 3 heterocycles. The molecule has 6 aromatic rings. The molecule has 0 bridgehead atoms. The van der Waals surface area contributed by atoms with Crippen molar-refractivity contribution in [3.8, 4) is 27.8 Å². The van der Waals surface area contributed by atoms with Gasteiger partial charge in [0.2, 0.25) is 0 Å². The Morgan fingerprint density at radius 3 is 2.09 bits per heavy atom. The number of rotatable bonds is 8. The second-order valence-corrected chi connectivity index (χ2v) is 11.2. The molecule has 0 saturated carbocycles. The molecule has 3 aromatic carbocycles. The molecule has 9 heteroatoms. The molecule has 8 nitrogen and oxygen atoms in total. The van der Waals surface area contributed by atoms with Crippen LogP contribution in [0.25, 0.3) is 33.4 Å². The van der Waals surface area contributed by atoms with Gasteiger partial charge in [0.05, 0.1) is 18.5 Å². The largest absolute Gasteiger partial charge is 0.477 e. The lowest BCUT2D eigenvalue weighted by molar-refractivity contribution is -0.132. The second-order valence-electron chi connectivity index (χ2n) is 10.1. The molecule has 0 aliphatic heterocycles. The minimum absolute atomic E-state index is 0.318. The molecule has 1 N–H and O–H groups in total. The van der Waals surface area contributed by atoms with Crippen LogP contribution in [-0.2, 0) is 9.53 Å². The number of carbonyl (C=O) groups excluding carboxylic acids is 1. The lowest BCUT2D eigenvalue weighted by atomic mass is 10.1. The zero-order valence-electron chi connectivity index (χ0n) is 24.3. The number of imidazole rings is 1. The molecule has 220 valence electrons. The van der Waals surface area contributed by atoms with Crippen LogP contribution in [0.3, 0.4) is 0 Å². The maximum absolute atomic E-state index is 13.0. The number of aromatic nitrogens is 2. The van der Waals surface area contributed by atoms with E-state index in [1.807, 2.05) is 83.3 Å². The average Bonchev–Trinajstić information content (AvgIpc) is 3.68. The van der Waals surface area contributed by atoms with Gasteiger partial charge in [-0.3, -0.25) is 4.40 Å². The smallest absolute Gasteiger partial charge is 0.357 e. The van der Waals surface area contributed by atoms with Crippen molar-refractivity contribution < 1.29 is 19.4 Å². The summed E-state index contributed by atoms with van der Waals surface area (Å²) in [6.45, 7) is 1.77. The van der Waals surface area contributed by atoms with Gasteiger partial charge in [-0.05, 0) is 79.2 Å². The number of methoxy groups -OCH3 is 1. The van der Waals surface area contributed by atoms with Crippen molar-refractivity contribution in [3.63, 3.8) is 0 Å². The number of esters is 1. The molecule has 0 unspecified atom stereocenters. The van der Waals surface area contributed by atoms with Crippen LogP contribution >= 0.6 is 11.3 Å². The van der Waals surface area contributed by atoms with Gasteiger partial charge in [-0.15, -0.1) is 11.3 Å². The minimum Gasteiger partial charge on any atom is -0.477 e. The number of hydrogen-bond acceptors (Lipinski definition) is 7. The minimum atomic E-state index is -1.28. The predicted molar refractivity (Wildman–Crippen MR) is 176 cm³/mol. The van der Waals surface area contributed by atoms with Crippen molar-refractivity contribution in [1.82, 2.24) is 9.38 Å². The first-order chi connectivity index (χ1) is 21.9. The highest BCUT2D eigenvalue weighted by Crippen LogP contribution is 2.38. The summed E-state index contributed by atoms with van der Waals surface area (Å²) in [5.74, 6) is -1.79. The van der Waals surface area contributed by atoms with Gasteiger partial charge in [-0.25, -0.2) is 14.6 Å². The molecule has 0 aliphatic rings. The Labute approximate surface area is 263 Å². The summed E-state index contributed by atoms with van der Waals surface area (Å²) >= 11 is 1.33. The first-order valence-electron chi connectivity index (χ1n) is 14.0. The van der Waals surface area contributed by atoms with Gasteiger partial charge in [-0.2, -0.15) is 5.26 Å². The highest BCUT2D eigenvalue weighted by molar-refractivity contribution is 7.16. The third kappa shape index (κ3) is 5.58. The van der Waals surface area contributed by atoms with Crippen LogP contribution in [0.15, 0.2) is 115 Å². The molecular formula is C36H26N4O4S. The average molecular weight is 611 g/mol. The SMILES string of the molecule is COC(=O)c1c(C)nc2c(-c3ccc(/C=C(\C#N)C(=O)O)s3)ccc(-c3ccc(N(c4ccccc4)c4ccccc4)cc3)n12. The van der Waals surface area contributed by atoms with E-state index in [0.29, 0.717) is 21.9 Å². The van der Waals surface area contributed by atoms with Crippen molar-refractivity contribution >= 4 is 52.1 Å². The number of ether oxygens (including phenoxy) is 1. The quantitative estimate of drug-likeness (QED) is 0.105. The maximum atomic E-state index is 13.0. The number of benzene rings is 3. The molecular weight excluding hydrogens is 584 g/mol. The van der Waals surface area contributed by atoms with E-state index in [0.717, 1.165) is 38.8 Å². The summed E-state index contributed by atoms with van der Waals surface area (Å²) in [7, 11) is 1.34. The van der Waals surface area contributed by atoms with Gasteiger partial charge in [0, 0.05) is 32.4 Å². The third-order valence-corrected chi connectivity index (χ3v) is 8.37. The zero-order valence-corrected chi connectivity index (χ0v) is 25.2. The van der Waals surface area contributed by atoms with E-state index in [9.17, 15) is 20.0 Å². The van der Waals surface area contributed by atoms with Crippen LogP contribution in [-0.4, -0.2) is 33.5 Å². The number of carbonyl (C=O) groups is 2. The van der Waals surface area contributed by atoms with Gasteiger partial charge in [-0.1, -0.05) is 48.5 Å². The third-order valence-electron chi connectivity index (χ3n) is 7.30. The number of anilines is 3. The number of nitriles is 1. The van der Waals surface area contributed by atoms with E-state index >= 15 is 0 Å². The summed E-state index contributed by atoms with van der Waals surface area (Å²) in [6.07, 6.45) is 1.34. The number of carboxylic acids is 1. The first-order valence-corrected chi connectivity index (χ1v) is 14.8. The van der Waals surface area contributed by atoms with Crippen molar-refractivity contribution in [2.75, 3.05) is 12.0 Å². The number of thiophene rings is 1. The van der Waals surface area contributed by atoms with Crippen molar-refractivity contribution in [1.29, 1.82) is 5.26 Å². The van der Waals surface area contributed by atoms with Crippen LogP contribution in [0.5, 0.6) is 0 Å². The molecule has 0 radical (unpaired) electrons. The number of pyridine rings is 1. The number of nitrogens with zero attached hydrogens (tertiary/aromatic N) is 4. The molecule has 6 rings (SSSR count). The Bertz CT molecular complexity index is 2070. The monoisotopic (exact) mass is 610 g/mol. The molecule has 0 spiro atoms. The van der Waals surface area contributed by atoms with Gasteiger partial charge in [0.25, 0.3) is 0 Å². The second kappa shape index (κ2) is 12.3. The molecule has 0 fully saturated rings. The molecule has 0 atom stereocenters. The fraction of sp³-hybridized carbons (Fsp3) is 0.0556. The van der Waals surface area contributed by atoms with Crippen LogP contribution in [0.2, 0.25) is 0 Å². The molecule has 3 aromatic heterocycles. The van der Waals surface area contributed by atoms with E-state index in [4.69, 9.17) is 9.72 Å². The molecule has 0 amide bonds. The maximum Gasteiger partial charge on any atom is 0.357 e. The van der Waals surface area contributed by atoms with E-state index in [1.54, 1.807) is 19.1 Å². The number of hydrogen-bond donors (Lipinski definition) is 1. The summed E-state index contributed by atoms with van der Waals surface area (Å²) < 4.78 is 6.96. The number of fused-ring (bicyclic) bond motifs is 1. The number of carboxylic acid groups (broad SMARTS) is 1. The van der Waals surface area contributed by atoms with Crippen LogP contribution in [0.4, 0.5) is 17.1 Å². The van der Waals surface area contributed by atoms with Gasteiger partial charge in [0.1, 0.15) is 17.3 Å². The molecule has 0 aliphatic carbocycles. The van der Waals surface area contributed by atoms with E-state index in [-0.39, 0.29) is 5.57 Å². The highest BCUT2D eigenvalue weighted by atomic mass is 32.1. The topological polar surface area (TPSA) is 108 Å². The van der Waals surface area contributed by atoms with Crippen LogP contribution < -0.4 is 4.90 Å². The first kappa shape index (κ1) is 29.1. The number of aliphatic carboxylic acids is 1. The molecule has 45 heavy (non-hydrogen) atoms. The highest BCUT2D eigenvalue weighted by Gasteiger charge is 2.23. The van der Waals surface area contributed by atoms with Crippen LogP contribution in [0.1, 0.15) is 21.1 Å². The number of para-hydroxylation sites is 2. The van der Waals surface area contributed by atoms with Gasteiger partial charge >= 0.3 is 11.9 Å². The van der Waals surface area contributed by atoms with Crippen LogP contribution in [0, 0.1) is 18.3 Å². The van der Waals surface area contributed by atoms with Gasteiger partial charge < -0.3 is 14.7 Å². The van der Waals surface area contributed by atoms with E-state index in [1.165, 1.54) is 24.5 Å². The standard InChI is InChI=1S/C36H26N4O4S/c1-23-33(36(43)44-2)40-31(19-18-30(34(40)38-23)32-20-17-29(45-32)21-25(22-37)35(41)42)24-13-15-28(16-14-24)39(26-9-5-3-6-10-26)27-11-7-4-8-12-27/h3-21H,1-2H3,(H,41,42)/b25-21+. The lowest BCUT2D eigenvalue weighted by Crippen LogP contribution is -2.10. The van der Waals surface area contributed by atoms with Crippen molar-refractivity contribution in [2.45, 2.75) is 6.92 Å². The van der Waals surface area contributed by atoms with Crippen molar-refractivity contribution in [2.24, 2.45) is 0 Å². The summed E-state index contributed by atoms with van der Waals surface area (Å²) in [5.41, 5.74) is 6.43. The summed E-state index contributed by atoms with van der Waals surface area (Å²) in [5, 5.41) is 18.4. The van der Waals surface area contributed by atoms with Crippen molar-refractivity contribution in [3.05, 3.63) is 131 Å².